The number of ether oxygens (including phenoxy) is 1. The molecule has 0 amide bonds. The van der Waals surface area contributed by atoms with Gasteiger partial charge in [-0.3, -0.25) is 0 Å². The first kappa shape index (κ1) is 16.4. The molecule has 21 heavy (non-hydrogen) atoms. The smallest absolute Gasteiger partial charge is 0.240 e. The number of sulfonamides is 1. The van der Waals surface area contributed by atoms with Crippen molar-refractivity contribution in [1.29, 1.82) is 0 Å². The van der Waals surface area contributed by atoms with Gasteiger partial charge in [0, 0.05) is 13.7 Å². The van der Waals surface area contributed by atoms with E-state index in [-0.39, 0.29) is 5.54 Å². The van der Waals surface area contributed by atoms with Crippen LogP contribution in [-0.2, 0) is 14.8 Å². The third-order valence-electron chi connectivity index (χ3n) is 4.14. The predicted molar refractivity (Wildman–Crippen MR) is 82.9 cm³/mol. The highest BCUT2D eigenvalue weighted by Crippen LogP contribution is 2.20. The first-order valence-corrected chi connectivity index (χ1v) is 8.68. The van der Waals surface area contributed by atoms with Crippen LogP contribution in [0.1, 0.15) is 24.0 Å². The third-order valence-corrected chi connectivity index (χ3v) is 5.54. The molecule has 6 heteroatoms. The summed E-state index contributed by atoms with van der Waals surface area (Å²) in [6.45, 7) is 5.63. The maximum Gasteiger partial charge on any atom is 0.240 e. The molecule has 0 spiro atoms. The topological polar surface area (TPSA) is 67.4 Å². The highest BCUT2D eigenvalue weighted by Gasteiger charge is 2.34. The minimum atomic E-state index is -3.49. The molecule has 0 radical (unpaired) electrons. The van der Waals surface area contributed by atoms with Gasteiger partial charge in [0.1, 0.15) is 0 Å². The van der Waals surface area contributed by atoms with Gasteiger partial charge in [-0.1, -0.05) is 6.07 Å². The fraction of sp³-hybridized carbons (Fsp3) is 0.600. The first-order valence-electron chi connectivity index (χ1n) is 7.19. The number of nitrogens with one attached hydrogen (secondary N) is 2. The van der Waals surface area contributed by atoms with Crippen LogP contribution in [0, 0.1) is 13.8 Å². The second-order valence-electron chi connectivity index (χ2n) is 5.81. The number of benzene rings is 1. The Kier molecular flexibility index (Phi) is 5.03. The molecule has 1 fully saturated rings. The van der Waals surface area contributed by atoms with E-state index in [0.29, 0.717) is 18.0 Å². The molecule has 5 nitrogen and oxygen atoms in total. The summed E-state index contributed by atoms with van der Waals surface area (Å²) in [5.41, 5.74) is 1.77. The van der Waals surface area contributed by atoms with Crippen LogP contribution in [0.3, 0.4) is 0 Å². The van der Waals surface area contributed by atoms with Gasteiger partial charge in [0.05, 0.1) is 17.0 Å². The first-order chi connectivity index (χ1) is 9.88. The van der Waals surface area contributed by atoms with Crippen LogP contribution in [0.2, 0.25) is 0 Å². The van der Waals surface area contributed by atoms with Crippen molar-refractivity contribution in [1.82, 2.24) is 10.0 Å². The fourth-order valence-electron chi connectivity index (χ4n) is 2.67. The lowest BCUT2D eigenvalue weighted by Gasteiger charge is -2.28. The lowest BCUT2D eigenvalue weighted by molar-refractivity contribution is 0.122. The van der Waals surface area contributed by atoms with E-state index >= 15 is 0 Å². The van der Waals surface area contributed by atoms with Crippen molar-refractivity contribution in [3.63, 3.8) is 0 Å². The average Bonchev–Trinajstić information content (AvgIpc) is 2.89. The molecule has 0 aromatic heterocycles. The molecule has 118 valence electrons. The van der Waals surface area contributed by atoms with Crippen molar-refractivity contribution >= 4 is 10.0 Å². The second-order valence-corrected chi connectivity index (χ2v) is 7.58. The summed E-state index contributed by atoms with van der Waals surface area (Å²) < 4.78 is 32.8. The van der Waals surface area contributed by atoms with Crippen LogP contribution in [0.15, 0.2) is 23.1 Å². The van der Waals surface area contributed by atoms with E-state index in [1.807, 2.05) is 19.9 Å². The number of hydrogen-bond acceptors (Lipinski definition) is 4. The summed E-state index contributed by atoms with van der Waals surface area (Å²) in [4.78, 5) is 0.316. The number of methoxy groups -OCH3 is 1. The summed E-state index contributed by atoms with van der Waals surface area (Å²) in [7, 11) is -1.85. The third kappa shape index (κ3) is 3.83. The molecule has 1 atom stereocenters. The van der Waals surface area contributed by atoms with E-state index in [9.17, 15) is 8.42 Å². The van der Waals surface area contributed by atoms with Gasteiger partial charge in [-0.15, -0.1) is 0 Å². The van der Waals surface area contributed by atoms with Crippen molar-refractivity contribution in [3.8, 4) is 0 Å². The van der Waals surface area contributed by atoms with E-state index in [2.05, 4.69) is 10.0 Å². The van der Waals surface area contributed by atoms with Crippen LogP contribution in [-0.4, -0.2) is 40.8 Å². The maximum atomic E-state index is 12.4. The lowest BCUT2D eigenvalue weighted by atomic mass is 9.99. The van der Waals surface area contributed by atoms with Crippen molar-refractivity contribution < 1.29 is 13.2 Å². The van der Waals surface area contributed by atoms with Gasteiger partial charge >= 0.3 is 0 Å². The molecule has 1 aliphatic rings. The van der Waals surface area contributed by atoms with E-state index in [1.165, 1.54) is 0 Å². The molecule has 2 rings (SSSR count). The standard InChI is InChI=1S/C15H24N2O3S/c1-12-5-6-14(9-13(12)2)21(18,19)17-10-15(11-20-3)7-4-8-16-15/h5-6,9,16-17H,4,7-8,10-11H2,1-3H3. The molecular formula is C15H24N2O3S. The molecule has 0 bridgehead atoms. The molecule has 1 aromatic rings. The van der Waals surface area contributed by atoms with Crippen LogP contribution in [0.25, 0.3) is 0 Å². The van der Waals surface area contributed by atoms with Gasteiger partial charge < -0.3 is 10.1 Å². The van der Waals surface area contributed by atoms with Crippen molar-refractivity contribution in [2.24, 2.45) is 0 Å². The van der Waals surface area contributed by atoms with Crippen molar-refractivity contribution in [2.45, 2.75) is 37.1 Å². The Morgan fingerprint density at radius 2 is 2.10 bits per heavy atom. The predicted octanol–water partition coefficient (Wildman–Crippen LogP) is 1.35. The Labute approximate surface area is 127 Å². The highest BCUT2D eigenvalue weighted by atomic mass is 32.2. The zero-order chi connectivity index (χ0) is 15.5. The molecule has 1 heterocycles. The summed E-state index contributed by atoms with van der Waals surface area (Å²) in [6, 6.07) is 5.20. The quantitative estimate of drug-likeness (QED) is 0.832. The molecule has 1 aliphatic heterocycles. The number of rotatable bonds is 6. The van der Waals surface area contributed by atoms with Gasteiger partial charge in [0.25, 0.3) is 0 Å². The molecule has 0 saturated carbocycles. The fourth-order valence-corrected chi connectivity index (χ4v) is 3.88. The van der Waals surface area contributed by atoms with Crippen LogP contribution in [0.5, 0.6) is 0 Å². The Morgan fingerprint density at radius 1 is 1.33 bits per heavy atom. The van der Waals surface area contributed by atoms with Crippen LogP contribution in [0.4, 0.5) is 0 Å². The zero-order valence-corrected chi connectivity index (χ0v) is 13.7. The van der Waals surface area contributed by atoms with Gasteiger partial charge in [0.15, 0.2) is 0 Å². The van der Waals surface area contributed by atoms with E-state index in [4.69, 9.17) is 4.74 Å². The zero-order valence-electron chi connectivity index (χ0n) is 12.9. The number of aryl methyl sites for hydroxylation is 2. The Balaban J connectivity index is 2.11. The van der Waals surface area contributed by atoms with Crippen LogP contribution >= 0.6 is 0 Å². The largest absolute Gasteiger partial charge is 0.383 e. The average molecular weight is 312 g/mol. The lowest BCUT2D eigenvalue weighted by Crippen LogP contribution is -2.52. The van der Waals surface area contributed by atoms with Crippen molar-refractivity contribution in [3.05, 3.63) is 29.3 Å². The highest BCUT2D eigenvalue weighted by molar-refractivity contribution is 7.89. The summed E-state index contributed by atoms with van der Waals surface area (Å²) in [5.74, 6) is 0. The molecule has 1 saturated heterocycles. The monoisotopic (exact) mass is 312 g/mol. The maximum absolute atomic E-state index is 12.4. The second kappa shape index (κ2) is 6.44. The van der Waals surface area contributed by atoms with E-state index < -0.39 is 10.0 Å². The Hall–Kier alpha value is -0.950. The molecule has 1 aromatic carbocycles. The minimum absolute atomic E-state index is 0.290. The molecule has 2 N–H and O–H groups in total. The Bertz CT molecular complexity index is 593. The number of hydrogen-bond donors (Lipinski definition) is 2. The van der Waals surface area contributed by atoms with Crippen LogP contribution < -0.4 is 10.0 Å². The summed E-state index contributed by atoms with van der Waals surface area (Å²) in [5, 5.41) is 3.36. The minimum Gasteiger partial charge on any atom is -0.383 e. The van der Waals surface area contributed by atoms with Crippen molar-refractivity contribution in [2.75, 3.05) is 26.8 Å². The van der Waals surface area contributed by atoms with Gasteiger partial charge in [-0.2, -0.15) is 0 Å². The molecular weight excluding hydrogens is 288 g/mol. The van der Waals surface area contributed by atoms with Gasteiger partial charge in [-0.05, 0) is 56.5 Å². The van der Waals surface area contributed by atoms with Gasteiger partial charge in [-0.25, -0.2) is 13.1 Å². The summed E-state index contributed by atoms with van der Waals surface area (Å²) >= 11 is 0. The SMILES string of the molecule is COCC1(CNS(=O)(=O)c2ccc(C)c(C)c2)CCCN1. The molecule has 0 aliphatic carbocycles. The normalized spacial score (nSPS) is 22.6. The van der Waals surface area contributed by atoms with E-state index in [1.54, 1.807) is 19.2 Å². The molecule has 1 unspecified atom stereocenters. The Morgan fingerprint density at radius 3 is 2.67 bits per heavy atom. The van der Waals surface area contributed by atoms with E-state index in [0.717, 1.165) is 30.5 Å². The summed E-state index contributed by atoms with van der Waals surface area (Å²) in [6.07, 6.45) is 1.95. The van der Waals surface area contributed by atoms with Gasteiger partial charge in [0.2, 0.25) is 10.0 Å².